The molecule has 21 heavy (non-hydrogen) atoms. The van der Waals surface area contributed by atoms with E-state index in [4.69, 9.17) is 9.63 Å². The van der Waals surface area contributed by atoms with Gasteiger partial charge in [-0.05, 0) is 47.7 Å². The van der Waals surface area contributed by atoms with Crippen molar-refractivity contribution >= 4 is 38.6 Å². The Morgan fingerprint density at radius 1 is 1.48 bits per heavy atom. The minimum atomic E-state index is -3.87. The predicted molar refractivity (Wildman–Crippen MR) is 79.2 cm³/mol. The molecule has 2 aromatic rings. The van der Waals surface area contributed by atoms with Crippen molar-refractivity contribution in [2.75, 3.05) is 0 Å². The second-order valence-corrected chi connectivity index (χ2v) is 6.94. The highest BCUT2D eigenvalue weighted by Gasteiger charge is 2.19. The van der Waals surface area contributed by atoms with Crippen LogP contribution in [-0.2, 0) is 16.6 Å². The number of aryl methyl sites for hydroxylation is 1. The van der Waals surface area contributed by atoms with Crippen molar-refractivity contribution < 1.29 is 22.8 Å². The maximum absolute atomic E-state index is 12.1. The van der Waals surface area contributed by atoms with Gasteiger partial charge in [0.05, 0.1) is 17.0 Å². The molecule has 10 heteroatoms. The minimum absolute atomic E-state index is 0.0768. The van der Waals surface area contributed by atoms with Gasteiger partial charge in [0.2, 0.25) is 15.9 Å². The highest BCUT2D eigenvalue weighted by atomic mass is 127. The minimum Gasteiger partial charge on any atom is -0.478 e. The highest BCUT2D eigenvalue weighted by Crippen LogP contribution is 2.18. The quantitative estimate of drug-likeness (QED) is 0.692. The number of nitrogens with zero attached hydrogens (tertiary/aromatic N) is 2. The molecule has 0 atom stereocenters. The molecule has 2 N–H and O–H groups in total. The van der Waals surface area contributed by atoms with Crippen LogP contribution in [0.3, 0.4) is 0 Å². The van der Waals surface area contributed by atoms with Gasteiger partial charge in [-0.1, -0.05) is 5.16 Å². The normalized spacial score (nSPS) is 11.5. The fourth-order valence-electron chi connectivity index (χ4n) is 1.49. The van der Waals surface area contributed by atoms with E-state index in [0.717, 1.165) is 6.07 Å². The number of hydrogen-bond acceptors (Lipinski definition) is 6. The molecular formula is C11H10IN3O5S. The lowest BCUT2D eigenvalue weighted by atomic mass is 10.2. The summed E-state index contributed by atoms with van der Waals surface area (Å²) >= 11 is 1.82. The zero-order valence-electron chi connectivity index (χ0n) is 10.7. The number of aromatic nitrogens is 2. The number of hydrogen-bond donors (Lipinski definition) is 2. The zero-order chi connectivity index (χ0) is 15.6. The number of carboxylic acid groups (broad SMARTS) is 1. The molecule has 0 unspecified atom stereocenters. The summed E-state index contributed by atoms with van der Waals surface area (Å²) in [6.07, 6.45) is 0. The van der Waals surface area contributed by atoms with Gasteiger partial charge < -0.3 is 9.63 Å². The van der Waals surface area contributed by atoms with Crippen molar-refractivity contribution in [1.29, 1.82) is 0 Å². The van der Waals surface area contributed by atoms with E-state index in [1.807, 2.05) is 22.6 Å². The first-order chi connectivity index (χ1) is 9.79. The SMILES string of the molecule is Cc1noc(CNS(=O)(=O)c2ccc(I)c(C(=O)O)c2)n1. The number of benzene rings is 1. The maximum atomic E-state index is 12.1. The molecule has 0 saturated heterocycles. The molecule has 2 rings (SSSR count). The van der Waals surface area contributed by atoms with Crippen LogP contribution in [-0.4, -0.2) is 29.6 Å². The topological polar surface area (TPSA) is 122 Å². The van der Waals surface area contributed by atoms with Crippen molar-refractivity contribution in [2.45, 2.75) is 18.4 Å². The van der Waals surface area contributed by atoms with Gasteiger partial charge in [-0.15, -0.1) is 0 Å². The molecule has 0 spiro atoms. The summed E-state index contributed by atoms with van der Waals surface area (Å²) in [5, 5.41) is 12.6. The van der Waals surface area contributed by atoms with Crippen LogP contribution in [0.2, 0.25) is 0 Å². The lowest BCUT2D eigenvalue weighted by Crippen LogP contribution is -2.23. The summed E-state index contributed by atoms with van der Waals surface area (Å²) in [5.41, 5.74) is -0.0768. The summed E-state index contributed by atoms with van der Waals surface area (Å²) in [5.74, 6) is -0.671. The fourth-order valence-corrected chi connectivity index (χ4v) is 3.05. The molecule has 112 valence electrons. The van der Waals surface area contributed by atoms with E-state index in [9.17, 15) is 13.2 Å². The van der Waals surface area contributed by atoms with Crippen LogP contribution in [0.4, 0.5) is 0 Å². The smallest absolute Gasteiger partial charge is 0.336 e. The highest BCUT2D eigenvalue weighted by molar-refractivity contribution is 14.1. The Morgan fingerprint density at radius 2 is 2.19 bits per heavy atom. The first-order valence-corrected chi connectivity index (χ1v) is 8.17. The predicted octanol–water partition coefficient (Wildman–Crippen LogP) is 1.16. The van der Waals surface area contributed by atoms with Crippen molar-refractivity contribution in [3.8, 4) is 0 Å². The lowest BCUT2D eigenvalue weighted by Gasteiger charge is -2.06. The monoisotopic (exact) mass is 423 g/mol. The molecule has 0 bridgehead atoms. The van der Waals surface area contributed by atoms with Crippen molar-refractivity contribution in [3.05, 3.63) is 39.0 Å². The molecule has 1 heterocycles. The van der Waals surface area contributed by atoms with E-state index in [-0.39, 0.29) is 22.9 Å². The summed E-state index contributed by atoms with van der Waals surface area (Å²) < 4.78 is 31.7. The van der Waals surface area contributed by atoms with Crippen LogP contribution >= 0.6 is 22.6 Å². The van der Waals surface area contributed by atoms with E-state index >= 15 is 0 Å². The van der Waals surface area contributed by atoms with Gasteiger partial charge in [0, 0.05) is 3.57 Å². The molecule has 1 aromatic heterocycles. The third kappa shape index (κ3) is 3.77. The number of carbonyl (C=O) groups is 1. The van der Waals surface area contributed by atoms with Gasteiger partial charge in [-0.2, -0.15) is 4.98 Å². The van der Waals surface area contributed by atoms with Crippen LogP contribution in [0.25, 0.3) is 0 Å². The standard InChI is InChI=1S/C11H10IN3O5S/c1-6-14-10(20-15-6)5-13-21(18,19)7-2-3-9(12)8(4-7)11(16)17/h2-4,13H,5H2,1H3,(H,16,17). The average Bonchev–Trinajstić information content (AvgIpc) is 2.82. The lowest BCUT2D eigenvalue weighted by molar-refractivity contribution is 0.0695. The summed E-state index contributed by atoms with van der Waals surface area (Å²) in [6.45, 7) is 1.44. The zero-order valence-corrected chi connectivity index (χ0v) is 13.7. The molecule has 8 nitrogen and oxygen atoms in total. The van der Waals surface area contributed by atoms with E-state index in [0.29, 0.717) is 9.39 Å². The summed E-state index contributed by atoms with van der Waals surface area (Å²) in [6, 6.07) is 3.86. The third-order valence-electron chi connectivity index (χ3n) is 2.46. The van der Waals surface area contributed by atoms with Crippen LogP contribution in [0, 0.1) is 10.5 Å². The Kier molecular flexibility index (Phi) is 4.58. The number of rotatable bonds is 5. The third-order valence-corrected chi connectivity index (χ3v) is 4.80. The Hall–Kier alpha value is -1.53. The Labute approximate surface area is 133 Å². The fraction of sp³-hybridized carbons (Fsp3) is 0.182. The average molecular weight is 423 g/mol. The van der Waals surface area contributed by atoms with Crippen LogP contribution in [0.1, 0.15) is 22.1 Å². The molecule has 0 fully saturated rings. The molecule has 0 saturated carbocycles. The number of nitrogens with one attached hydrogen (secondary N) is 1. The number of halogens is 1. The van der Waals surface area contributed by atoms with E-state index in [1.54, 1.807) is 6.92 Å². The molecule has 0 aliphatic heterocycles. The van der Waals surface area contributed by atoms with Crippen molar-refractivity contribution in [1.82, 2.24) is 14.9 Å². The van der Waals surface area contributed by atoms with Crippen LogP contribution in [0.15, 0.2) is 27.6 Å². The number of sulfonamides is 1. The van der Waals surface area contributed by atoms with Crippen LogP contribution < -0.4 is 4.72 Å². The van der Waals surface area contributed by atoms with Crippen molar-refractivity contribution in [2.24, 2.45) is 0 Å². The summed E-state index contributed by atoms with van der Waals surface area (Å²) in [7, 11) is -3.87. The first kappa shape index (κ1) is 15.9. The Balaban J connectivity index is 2.23. The van der Waals surface area contributed by atoms with Gasteiger partial charge in [0.15, 0.2) is 5.82 Å². The Bertz CT molecular complexity index is 787. The van der Waals surface area contributed by atoms with E-state index in [2.05, 4.69) is 14.9 Å². The second kappa shape index (κ2) is 6.07. The van der Waals surface area contributed by atoms with E-state index < -0.39 is 16.0 Å². The van der Waals surface area contributed by atoms with E-state index in [1.165, 1.54) is 12.1 Å². The molecule has 0 amide bonds. The van der Waals surface area contributed by atoms with Crippen LogP contribution in [0.5, 0.6) is 0 Å². The first-order valence-electron chi connectivity index (χ1n) is 5.61. The molecule has 0 aliphatic rings. The molecule has 0 radical (unpaired) electrons. The van der Waals surface area contributed by atoms with Gasteiger partial charge >= 0.3 is 5.97 Å². The van der Waals surface area contributed by atoms with Gasteiger partial charge in [-0.3, -0.25) is 0 Å². The van der Waals surface area contributed by atoms with Gasteiger partial charge in [-0.25, -0.2) is 17.9 Å². The molecular weight excluding hydrogens is 413 g/mol. The summed E-state index contributed by atoms with van der Waals surface area (Å²) in [4.78, 5) is 14.8. The Morgan fingerprint density at radius 3 is 2.76 bits per heavy atom. The van der Waals surface area contributed by atoms with Gasteiger partial charge in [0.1, 0.15) is 0 Å². The number of aromatic carboxylic acids is 1. The second-order valence-electron chi connectivity index (χ2n) is 4.01. The largest absolute Gasteiger partial charge is 0.478 e. The molecule has 1 aromatic carbocycles. The van der Waals surface area contributed by atoms with Gasteiger partial charge in [0.25, 0.3) is 0 Å². The van der Waals surface area contributed by atoms with Crippen molar-refractivity contribution in [3.63, 3.8) is 0 Å². The molecule has 0 aliphatic carbocycles. The number of carboxylic acids is 1. The maximum Gasteiger partial charge on any atom is 0.336 e.